The van der Waals surface area contributed by atoms with Gasteiger partial charge in [0.2, 0.25) is 0 Å². The maximum absolute atomic E-state index is 12.6. The quantitative estimate of drug-likeness (QED) is 0.0202. The van der Waals surface area contributed by atoms with E-state index in [-0.39, 0.29) is 25.6 Å². The van der Waals surface area contributed by atoms with E-state index in [0.717, 1.165) is 64.2 Å². The molecular weight excluding hydrogens is 735 g/mol. The minimum absolute atomic E-state index is 0.0935. The standard InChI is InChI=1S/C44H77O11P/c1-3-4-5-6-7-8-9-10-12-16-19-22-25-28-31-34-43(48)52-38-42(39-54-56(50,51)53-37-41(47)36-45)55-44(49)35-32-29-26-23-20-17-14-11-13-15-18-21-24-27-30-33-40(2)46/h8-9,13-15,17,21,23-24,26,40-42,45-47H,3-7,10-12,16,18-20,22,25,27-39H2,1-2H3,(H,50,51)/b9-8-,15-13-,17-14-,24-21-,26-23-/t40-,41-,42+/m0/s1. The minimum atomic E-state index is -4.64. The summed E-state index contributed by atoms with van der Waals surface area (Å²) in [5, 5.41) is 27.6. The fourth-order valence-corrected chi connectivity index (χ4v) is 6.14. The average Bonchev–Trinajstić information content (AvgIpc) is 3.17. The highest BCUT2D eigenvalue weighted by Gasteiger charge is 2.27. The number of aliphatic hydroxyl groups is 3. The van der Waals surface area contributed by atoms with Crippen LogP contribution in [0.3, 0.4) is 0 Å². The lowest BCUT2D eigenvalue weighted by Crippen LogP contribution is -2.29. The summed E-state index contributed by atoms with van der Waals surface area (Å²) >= 11 is 0. The van der Waals surface area contributed by atoms with Crippen molar-refractivity contribution in [3.8, 4) is 0 Å². The number of unbranched alkanes of at least 4 members (excludes halogenated alkanes) is 13. The first-order valence-electron chi connectivity index (χ1n) is 21.3. The largest absolute Gasteiger partial charge is 0.472 e. The van der Waals surface area contributed by atoms with E-state index in [2.05, 4.69) is 60.1 Å². The molecule has 0 saturated carbocycles. The van der Waals surface area contributed by atoms with E-state index in [1.807, 2.05) is 19.1 Å². The number of hydrogen-bond acceptors (Lipinski definition) is 10. The second-order valence-corrected chi connectivity index (χ2v) is 15.7. The summed E-state index contributed by atoms with van der Waals surface area (Å²) in [4.78, 5) is 34.9. The molecule has 0 aromatic rings. The maximum atomic E-state index is 12.6. The van der Waals surface area contributed by atoms with Crippen molar-refractivity contribution in [3.05, 3.63) is 60.8 Å². The molecule has 11 nitrogen and oxygen atoms in total. The van der Waals surface area contributed by atoms with Crippen molar-refractivity contribution >= 4 is 19.8 Å². The molecule has 0 aromatic carbocycles. The molecule has 0 heterocycles. The van der Waals surface area contributed by atoms with Crippen LogP contribution in [-0.4, -0.2) is 76.9 Å². The Morgan fingerprint density at radius 2 is 1.05 bits per heavy atom. The van der Waals surface area contributed by atoms with E-state index >= 15 is 0 Å². The molecule has 0 rings (SSSR count). The van der Waals surface area contributed by atoms with Gasteiger partial charge in [-0.2, -0.15) is 0 Å². The van der Waals surface area contributed by atoms with E-state index in [1.54, 1.807) is 0 Å². The monoisotopic (exact) mass is 813 g/mol. The zero-order chi connectivity index (χ0) is 41.4. The maximum Gasteiger partial charge on any atom is 0.472 e. The molecule has 0 bridgehead atoms. The molecular formula is C44H77O11P. The molecule has 0 fully saturated rings. The summed E-state index contributed by atoms with van der Waals surface area (Å²) in [5.74, 6) is -1.02. The Hall–Kier alpha value is -2.37. The zero-order valence-corrected chi connectivity index (χ0v) is 35.6. The van der Waals surface area contributed by atoms with Crippen LogP contribution in [-0.2, 0) is 32.7 Å². The number of rotatable bonds is 39. The van der Waals surface area contributed by atoms with Gasteiger partial charge < -0.3 is 29.7 Å². The minimum Gasteiger partial charge on any atom is -0.462 e. The lowest BCUT2D eigenvalue weighted by Gasteiger charge is -2.20. The second-order valence-electron chi connectivity index (χ2n) is 14.3. The van der Waals surface area contributed by atoms with Crippen molar-refractivity contribution in [1.82, 2.24) is 0 Å². The molecule has 12 heteroatoms. The molecule has 0 saturated heterocycles. The first kappa shape index (κ1) is 53.6. The third-order valence-corrected chi connectivity index (χ3v) is 9.61. The van der Waals surface area contributed by atoms with E-state index in [1.165, 1.54) is 51.4 Å². The molecule has 56 heavy (non-hydrogen) atoms. The second kappa shape index (κ2) is 39.5. The van der Waals surface area contributed by atoms with E-state index in [4.69, 9.17) is 19.1 Å². The summed E-state index contributed by atoms with van der Waals surface area (Å²) < 4.78 is 32.6. The number of phosphoric acid groups is 1. The summed E-state index contributed by atoms with van der Waals surface area (Å²) in [6, 6.07) is 0. The number of hydrogen-bond donors (Lipinski definition) is 4. The summed E-state index contributed by atoms with van der Waals surface area (Å²) in [6.45, 7) is 1.83. The molecule has 0 spiro atoms. The zero-order valence-electron chi connectivity index (χ0n) is 34.7. The number of ether oxygens (including phenoxy) is 2. The number of esters is 2. The third-order valence-electron chi connectivity index (χ3n) is 8.66. The Bertz CT molecular complexity index is 1130. The van der Waals surface area contributed by atoms with Crippen molar-refractivity contribution < 1.29 is 52.9 Å². The molecule has 0 radical (unpaired) electrons. The van der Waals surface area contributed by atoms with Gasteiger partial charge in [0.1, 0.15) is 12.7 Å². The third kappa shape index (κ3) is 39.8. The Kier molecular flexibility index (Phi) is 37.8. The van der Waals surface area contributed by atoms with E-state index in [9.17, 15) is 29.3 Å². The molecule has 0 amide bonds. The number of carbonyl (C=O) groups excluding carboxylic acids is 2. The van der Waals surface area contributed by atoms with Crippen LogP contribution in [0, 0.1) is 0 Å². The smallest absolute Gasteiger partial charge is 0.462 e. The van der Waals surface area contributed by atoms with Gasteiger partial charge in [0.05, 0.1) is 25.9 Å². The van der Waals surface area contributed by atoms with Crippen molar-refractivity contribution in [2.75, 3.05) is 26.4 Å². The van der Waals surface area contributed by atoms with Gasteiger partial charge in [0, 0.05) is 12.8 Å². The molecule has 0 aliphatic heterocycles. The molecule has 324 valence electrons. The topological polar surface area (TPSA) is 169 Å². The van der Waals surface area contributed by atoms with Crippen LogP contribution < -0.4 is 0 Å². The van der Waals surface area contributed by atoms with Gasteiger partial charge in [-0.25, -0.2) is 4.57 Å². The van der Waals surface area contributed by atoms with Crippen LogP contribution in [0.25, 0.3) is 0 Å². The van der Waals surface area contributed by atoms with E-state index < -0.39 is 51.8 Å². The van der Waals surface area contributed by atoms with Crippen LogP contribution >= 0.6 is 7.82 Å². The summed E-state index contributed by atoms with van der Waals surface area (Å²) in [7, 11) is -4.64. The van der Waals surface area contributed by atoms with Crippen LogP contribution in [0.4, 0.5) is 0 Å². The first-order chi connectivity index (χ1) is 27.1. The fourth-order valence-electron chi connectivity index (χ4n) is 5.35. The predicted molar refractivity (Wildman–Crippen MR) is 225 cm³/mol. The number of aliphatic hydroxyl groups excluding tert-OH is 3. The Morgan fingerprint density at radius 1 is 0.589 bits per heavy atom. The van der Waals surface area contributed by atoms with Crippen molar-refractivity contribution in [1.29, 1.82) is 0 Å². The lowest BCUT2D eigenvalue weighted by atomic mass is 10.1. The normalized spacial score (nSPS) is 15.0. The SMILES string of the molecule is CCCCCC/C=C\CCCCCCCCCC(=O)OC[C@H](COP(=O)(O)OC[C@@H](O)CO)OC(=O)CCC/C=C\C/C=C\C/C=C\C/C=C\CCC[C@H](C)O. The van der Waals surface area contributed by atoms with Gasteiger partial charge in [0.15, 0.2) is 6.10 Å². The fraction of sp³-hybridized carbons (Fsp3) is 0.727. The lowest BCUT2D eigenvalue weighted by molar-refractivity contribution is -0.161. The Balaban J connectivity index is 4.42. The molecule has 4 atom stereocenters. The number of phosphoric ester groups is 1. The van der Waals surface area contributed by atoms with E-state index in [0.29, 0.717) is 19.3 Å². The predicted octanol–water partition coefficient (Wildman–Crippen LogP) is 10.1. The molecule has 0 aromatic heterocycles. The average molecular weight is 813 g/mol. The van der Waals surface area contributed by atoms with Gasteiger partial charge in [-0.1, -0.05) is 119 Å². The highest BCUT2D eigenvalue weighted by molar-refractivity contribution is 7.47. The number of allylic oxidation sites excluding steroid dienone is 10. The summed E-state index contributed by atoms with van der Waals surface area (Å²) in [5.41, 5.74) is 0. The first-order valence-corrected chi connectivity index (χ1v) is 22.8. The van der Waals surface area contributed by atoms with Gasteiger partial charge in [-0.05, 0) is 90.4 Å². The highest BCUT2D eigenvalue weighted by atomic mass is 31.2. The Labute approximate surface area is 338 Å². The molecule has 1 unspecified atom stereocenters. The van der Waals surface area contributed by atoms with Gasteiger partial charge in [-0.15, -0.1) is 0 Å². The molecule has 4 N–H and O–H groups in total. The summed E-state index contributed by atoms with van der Waals surface area (Å²) in [6.07, 6.45) is 40.4. The van der Waals surface area contributed by atoms with Crippen molar-refractivity contribution in [2.45, 2.75) is 180 Å². The van der Waals surface area contributed by atoms with Gasteiger partial charge >= 0.3 is 19.8 Å². The van der Waals surface area contributed by atoms with Crippen LogP contribution in [0.5, 0.6) is 0 Å². The number of carbonyl (C=O) groups is 2. The van der Waals surface area contributed by atoms with Crippen molar-refractivity contribution in [3.63, 3.8) is 0 Å². The molecule has 0 aliphatic carbocycles. The Morgan fingerprint density at radius 3 is 1.62 bits per heavy atom. The molecule has 0 aliphatic rings. The van der Waals surface area contributed by atoms with Crippen molar-refractivity contribution in [2.24, 2.45) is 0 Å². The highest BCUT2D eigenvalue weighted by Crippen LogP contribution is 2.43. The van der Waals surface area contributed by atoms with Gasteiger partial charge in [-0.3, -0.25) is 18.6 Å². The van der Waals surface area contributed by atoms with Crippen LogP contribution in [0.15, 0.2) is 60.8 Å². The van der Waals surface area contributed by atoms with Crippen LogP contribution in [0.2, 0.25) is 0 Å². The van der Waals surface area contributed by atoms with Gasteiger partial charge in [0.25, 0.3) is 0 Å². The van der Waals surface area contributed by atoms with Crippen LogP contribution in [0.1, 0.15) is 162 Å².